The fourth-order valence-electron chi connectivity index (χ4n) is 1.76. The molecule has 0 amide bonds. The predicted molar refractivity (Wildman–Crippen MR) is 70.0 cm³/mol. The third-order valence-electron chi connectivity index (χ3n) is 2.54. The van der Waals surface area contributed by atoms with Crippen molar-refractivity contribution in [2.45, 2.75) is 12.2 Å². The van der Waals surface area contributed by atoms with Gasteiger partial charge in [-0.1, -0.05) is 18.5 Å². The Labute approximate surface area is 108 Å². The summed E-state index contributed by atoms with van der Waals surface area (Å²) in [7, 11) is 0. The van der Waals surface area contributed by atoms with Crippen molar-refractivity contribution < 1.29 is 4.92 Å². The summed E-state index contributed by atoms with van der Waals surface area (Å²) < 4.78 is 0. The molecule has 1 saturated heterocycles. The second-order valence-electron chi connectivity index (χ2n) is 3.89. The third-order valence-corrected chi connectivity index (χ3v) is 3.87. The lowest BCUT2D eigenvalue weighted by molar-refractivity contribution is -0.384. The van der Waals surface area contributed by atoms with Crippen LogP contribution in [0.15, 0.2) is 12.1 Å². The molecule has 1 aliphatic heterocycles. The molecule has 0 saturated carbocycles. The molecule has 5 nitrogen and oxygen atoms in total. The van der Waals surface area contributed by atoms with Crippen LogP contribution in [0.1, 0.15) is 6.92 Å². The quantitative estimate of drug-likeness (QED) is 0.471. The lowest BCUT2D eigenvalue weighted by Gasteiger charge is -2.31. The molecule has 0 aliphatic carbocycles. The molecular weight excluding hydrogens is 262 g/mol. The fraction of sp³-hybridized carbons (Fsp3) is 0.500. The largest absolute Gasteiger partial charge is 0.354 e. The Morgan fingerprint density at radius 1 is 1.65 bits per heavy atom. The zero-order valence-electron chi connectivity index (χ0n) is 9.30. The van der Waals surface area contributed by atoms with Crippen LogP contribution in [0.4, 0.5) is 11.5 Å². The maximum absolute atomic E-state index is 10.7. The van der Waals surface area contributed by atoms with E-state index in [1.807, 2.05) is 16.7 Å². The van der Waals surface area contributed by atoms with Gasteiger partial charge in [0, 0.05) is 24.1 Å². The van der Waals surface area contributed by atoms with Crippen LogP contribution in [-0.4, -0.2) is 34.0 Å². The van der Waals surface area contributed by atoms with Gasteiger partial charge in [0.25, 0.3) is 5.69 Å². The van der Waals surface area contributed by atoms with E-state index in [0.29, 0.717) is 11.1 Å². The number of thioether (sulfide) groups is 1. The van der Waals surface area contributed by atoms with Crippen molar-refractivity contribution in [1.82, 2.24) is 4.98 Å². The molecule has 1 aromatic rings. The van der Waals surface area contributed by atoms with Crippen molar-refractivity contribution in [3.05, 3.63) is 27.4 Å². The van der Waals surface area contributed by atoms with Gasteiger partial charge in [-0.15, -0.1) is 0 Å². The maximum atomic E-state index is 10.7. The number of anilines is 1. The summed E-state index contributed by atoms with van der Waals surface area (Å²) in [6.45, 7) is 3.82. The molecule has 0 bridgehead atoms. The summed E-state index contributed by atoms with van der Waals surface area (Å²) in [5, 5.41) is 11.4. The minimum Gasteiger partial charge on any atom is -0.354 e. The zero-order chi connectivity index (χ0) is 12.4. The summed E-state index contributed by atoms with van der Waals surface area (Å²) in [5.41, 5.74) is -0.00844. The van der Waals surface area contributed by atoms with Gasteiger partial charge in [-0.2, -0.15) is 11.8 Å². The Bertz CT molecular complexity index is 444. The molecule has 1 unspecified atom stereocenters. The number of rotatable bonds is 2. The summed E-state index contributed by atoms with van der Waals surface area (Å²) in [5.74, 6) is 1.60. The Hall–Kier alpha value is -1.01. The lowest BCUT2D eigenvalue weighted by atomic mass is 10.3. The fourth-order valence-corrected chi connectivity index (χ4v) is 2.98. The van der Waals surface area contributed by atoms with Crippen LogP contribution in [-0.2, 0) is 0 Å². The molecule has 1 fully saturated rings. The monoisotopic (exact) mass is 273 g/mol. The molecule has 1 aliphatic rings. The third kappa shape index (κ3) is 3.01. The van der Waals surface area contributed by atoms with Gasteiger partial charge in [0.2, 0.25) is 0 Å². The SMILES string of the molecule is CC1CN(c2cc([N+](=O)[O-])cc(Cl)n2)CCS1. The number of halogens is 1. The van der Waals surface area contributed by atoms with Gasteiger partial charge in [-0.25, -0.2) is 4.98 Å². The summed E-state index contributed by atoms with van der Waals surface area (Å²) >= 11 is 7.70. The molecule has 2 rings (SSSR count). The van der Waals surface area contributed by atoms with E-state index in [2.05, 4.69) is 11.9 Å². The van der Waals surface area contributed by atoms with Crippen molar-refractivity contribution in [1.29, 1.82) is 0 Å². The second kappa shape index (κ2) is 5.10. The van der Waals surface area contributed by atoms with Crippen molar-refractivity contribution in [3.8, 4) is 0 Å². The van der Waals surface area contributed by atoms with Crippen molar-refractivity contribution in [2.75, 3.05) is 23.7 Å². The van der Waals surface area contributed by atoms with Gasteiger partial charge in [-0.05, 0) is 0 Å². The smallest absolute Gasteiger partial charge is 0.276 e. The van der Waals surface area contributed by atoms with E-state index in [1.165, 1.54) is 12.1 Å². The van der Waals surface area contributed by atoms with Crippen LogP contribution < -0.4 is 4.90 Å². The first-order valence-electron chi connectivity index (χ1n) is 5.25. The van der Waals surface area contributed by atoms with Crippen LogP contribution in [0.3, 0.4) is 0 Å². The first-order valence-corrected chi connectivity index (χ1v) is 6.67. The average Bonchev–Trinajstić information content (AvgIpc) is 2.28. The van der Waals surface area contributed by atoms with Crippen LogP contribution in [0.25, 0.3) is 0 Å². The summed E-state index contributed by atoms with van der Waals surface area (Å²) in [4.78, 5) is 16.5. The van der Waals surface area contributed by atoms with Crippen molar-refractivity contribution >= 4 is 34.9 Å². The number of nitrogens with zero attached hydrogens (tertiary/aromatic N) is 3. The second-order valence-corrected chi connectivity index (χ2v) is 5.82. The van der Waals surface area contributed by atoms with Gasteiger partial charge < -0.3 is 4.90 Å². The minimum absolute atomic E-state index is 0.00844. The van der Waals surface area contributed by atoms with E-state index in [-0.39, 0.29) is 10.8 Å². The Kier molecular flexibility index (Phi) is 3.73. The molecular formula is C10H12ClN3O2S. The molecule has 1 aromatic heterocycles. The van der Waals surface area contributed by atoms with Gasteiger partial charge in [0.05, 0.1) is 17.1 Å². The minimum atomic E-state index is -0.445. The van der Waals surface area contributed by atoms with E-state index >= 15 is 0 Å². The first kappa shape index (κ1) is 12.4. The van der Waals surface area contributed by atoms with Crippen LogP contribution in [0.2, 0.25) is 5.15 Å². The van der Waals surface area contributed by atoms with Crippen molar-refractivity contribution in [2.24, 2.45) is 0 Å². The Morgan fingerprint density at radius 2 is 2.41 bits per heavy atom. The number of hydrogen-bond acceptors (Lipinski definition) is 5. The van der Waals surface area contributed by atoms with Crippen LogP contribution in [0.5, 0.6) is 0 Å². The normalized spacial score (nSPS) is 20.4. The highest BCUT2D eigenvalue weighted by Crippen LogP contribution is 2.27. The van der Waals surface area contributed by atoms with E-state index in [4.69, 9.17) is 11.6 Å². The lowest BCUT2D eigenvalue weighted by Crippen LogP contribution is -2.37. The first-order chi connectivity index (χ1) is 8.06. The highest BCUT2D eigenvalue weighted by atomic mass is 35.5. The van der Waals surface area contributed by atoms with Crippen molar-refractivity contribution in [3.63, 3.8) is 0 Å². The number of nitro groups is 1. The number of hydrogen-bond donors (Lipinski definition) is 0. The Balaban J connectivity index is 2.28. The molecule has 92 valence electrons. The number of aromatic nitrogens is 1. The highest BCUT2D eigenvalue weighted by molar-refractivity contribution is 8.00. The molecule has 2 heterocycles. The molecule has 0 N–H and O–H groups in total. The van der Waals surface area contributed by atoms with Gasteiger partial charge in [-0.3, -0.25) is 10.1 Å². The highest BCUT2D eigenvalue weighted by Gasteiger charge is 2.20. The van der Waals surface area contributed by atoms with Crippen LogP contribution >= 0.6 is 23.4 Å². The predicted octanol–water partition coefficient (Wildman–Crippen LogP) is 2.58. The summed E-state index contributed by atoms with van der Waals surface area (Å²) in [6, 6.07) is 2.75. The molecule has 1 atom stereocenters. The molecule has 17 heavy (non-hydrogen) atoms. The van der Waals surface area contributed by atoms with E-state index < -0.39 is 4.92 Å². The van der Waals surface area contributed by atoms with Gasteiger partial charge in [0.15, 0.2) is 0 Å². The topological polar surface area (TPSA) is 59.3 Å². The van der Waals surface area contributed by atoms with Gasteiger partial charge in [0.1, 0.15) is 11.0 Å². The Morgan fingerprint density at radius 3 is 3.06 bits per heavy atom. The zero-order valence-corrected chi connectivity index (χ0v) is 10.9. The van der Waals surface area contributed by atoms with Crippen LogP contribution in [0, 0.1) is 10.1 Å². The maximum Gasteiger partial charge on any atom is 0.276 e. The molecule has 0 radical (unpaired) electrons. The average molecular weight is 274 g/mol. The van der Waals surface area contributed by atoms with E-state index in [9.17, 15) is 10.1 Å². The standard InChI is InChI=1S/C10H12ClN3O2S/c1-7-6-13(2-3-17-7)10-5-8(14(15)16)4-9(11)12-10/h4-5,7H,2-3,6H2,1H3. The molecule has 0 aromatic carbocycles. The van der Waals surface area contributed by atoms with Gasteiger partial charge >= 0.3 is 0 Å². The number of pyridine rings is 1. The molecule has 0 spiro atoms. The molecule has 7 heteroatoms. The summed E-state index contributed by atoms with van der Waals surface area (Å²) in [6.07, 6.45) is 0. The van der Waals surface area contributed by atoms with E-state index in [1.54, 1.807) is 0 Å². The van der Waals surface area contributed by atoms with E-state index in [0.717, 1.165) is 18.8 Å².